The lowest BCUT2D eigenvalue weighted by Crippen LogP contribution is -2.44. The van der Waals surface area contributed by atoms with E-state index in [0.717, 1.165) is 44.3 Å². The molecule has 150 valence electrons. The fraction of sp³-hybridized carbons (Fsp3) is 0.409. The second-order valence-electron chi connectivity index (χ2n) is 7.32. The number of guanidine groups is 1. The molecule has 2 unspecified atom stereocenters. The van der Waals surface area contributed by atoms with Crippen molar-refractivity contribution in [1.82, 2.24) is 10.6 Å². The fourth-order valence-corrected chi connectivity index (χ4v) is 3.91. The van der Waals surface area contributed by atoms with E-state index >= 15 is 0 Å². The summed E-state index contributed by atoms with van der Waals surface area (Å²) in [4.78, 5) is 6.83. The van der Waals surface area contributed by atoms with Crippen molar-refractivity contribution in [3.05, 3.63) is 60.2 Å². The Bertz CT molecular complexity index is 758. The predicted octanol–water partition coefficient (Wildman–Crippen LogP) is 3.30. The van der Waals surface area contributed by atoms with Crippen LogP contribution in [0.25, 0.3) is 0 Å². The number of hydrogen-bond donors (Lipinski definition) is 2. The second-order valence-corrected chi connectivity index (χ2v) is 7.32. The number of anilines is 1. The summed E-state index contributed by atoms with van der Waals surface area (Å²) >= 11 is 0. The number of rotatable bonds is 5. The van der Waals surface area contributed by atoms with Crippen LogP contribution >= 0.6 is 24.0 Å². The van der Waals surface area contributed by atoms with Crippen molar-refractivity contribution in [3.63, 3.8) is 0 Å². The van der Waals surface area contributed by atoms with E-state index in [1.165, 1.54) is 17.7 Å². The Morgan fingerprint density at radius 1 is 1.07 bits per heavy atom. The zero-order valence-electron chi connectivity index (χ0n) is 16.3. The number of ether oxygens (including phenoxy) is 1. The van der Waals surface area contributed by atoms with E-state index in [1.807, 2.05) is 19.2 Å². The number of hydrogen-bond acceptors (Lipinski definition) is 3. The van der Waals surface area contributed by atoms with E-state index in [2.05, 4.69) is 63.0 Å². The zero-order valence-corrected chi connectivity index (χ0v) is 18.6. The molecule has 2 aliphatic rings. The SMILES string of the molecule is CN=C(NCC1CCN(c2ccccc2)C1)NCC1Cc2ccccc2O1.I. The number of nitrogens with zero attached hydrogens (tertiary/aromatic N) is 2. The molecule has 2 aromatic carbocycles. The van der Waals surface area contributed by atoms with Gasteiger partial charge in [-0.05, 0) is 36.1 Å². The molecule has 0 aromatic heterocycles. The largest absolute Gasteiger partial charge is 0.488 e. The van der Waals surface area contributed by atoms with E-state index in [1.54, 1.807) is 0 Å². The highest BCUT2D eigenvalue weighted by molar-refractivity contribution is 14.0. The van der Waals surface area contributed by atoms with Gasteiger partial charge in [-0.2, -0.15) is 0 Å². The summed E-state index contributed by atoms with van der Waals surface area (Å²) in [6.07, 6.45) is 2.33. The lowest BCUT2D eigenvalue weighted by atomic mass is 10.1. The van der Waals surface area contributed by atoms with E-state index < -0.39 is 0 Å². The molecule has 28 heavy (non-hydrogen) atoms. The topological polar surface area (TPSA) is 48.9 Å². The van der Waals surface area contributed by atoms with Crippen LogP contribution < -0.4 is 20.3 Å². The molecule has 0 saturated carbocycles. The van der Waals surface area contributed by atoms with Crippen molar-refractivity contribution >= 4 is 35.6 Å². The van der Waals surface area contributed by atoms with Gasteiger partial charge in [0.05, 0.1) is 6.54 Å². The molecule has 0 bridgehead atoms. The van der Waals surface area contributed by atoms with Crippen LogP contribution in [0, 0.1) is 5.92 Å². The molecule has 0 radical (unpaired) electrons. The Morgan fingerprint density at radius 3 is 2.61 bits per heavy atom. The number of nitrogens with one attached hydrogen (secondary N) is 2. The highest BCUT2D eigenvalue weighted by Gasteiger charge is 2.24. The van der Waals surface area contributed by atoms with Crippen molar-refractivity contribution in [3.8, 4) is 5.75 Å². The minimum absolute atomic E-state index is 0. The Labute approximate surface area is 184 Å². The van der Waals surface area contributed by atoms with Gasteiger partial charge in [-0.15, -0.1) is 24.0 Å². The molecule has 0 amide bonds. The van der Waals surface area contributed by atoms with Gasteiger partial charge < -0.3 is 20.3 Å². The van der Waals surface area contributed by atoms with E-state index in [9.17, 15) is 0 Å². The standard InChI is InChI=1S/C22H28N4O.HI/c1-23-22(25-15-20-13-18-7-5-6-10-21(18)27-20)24-14-17-11-12-26(16-17)19-8-3-2-4-9-19;/h2-10,17,20H,11-16H2,1H3,(H2,23,24,25);1H. The van der Waals surface area contributed by atoms with Crippen LogP contribution in [0.15, 0.2) is 59.6 Å². The molecule has 6 heteroatoms. The van der Waals surface area contributed by atoms with Crippen LogP contribution in [-0.4, -0.2) is 45.3 Å². The van der Waals surface area contributed by atoms with Crippen LogP contribution in [0.4, 0.5) is 5.69 Å². The summed E-state index contributed by atoms with van der Waals surface area (Å²) in [6, 6.07) is 18.9. The molecular weight excluding hydrogens is 463 g/mol. The molecule has 2 heterocycles. The van der Waals surface area contributed by atoms with Crippen LogP contribution in [0.2, 0.25) is 0 Å². The third kappa shape index (κ3) is 5.10. The van der Waals surface area contributed by atoms with Crippen molar-refractivity contribution in [2.75, 3.05) is 38.1 Å². The molecule has 0 aliphatic carbocycles. The maximum absolute atomic E-state index is 5.99. The van der Waals surface area contributed by atoms with Gasteiger partial charge >= 0.3 is 0 Å². The average Bonchev–Trinajstić information content (AvgIpc) is 3.35. The van der Waals surface area contributed by atoms with Gasteiger partial charge in [0, 0.05) is 38.8 Å². The summed E-state index contributed by atoms with van der Waals surface area (Å²) in [5.41, 5.74) is 2.61. The minimum atomic E-state index is 0. The van der Waals surface area contributed by atoms with Crippen LogP contribution in [-0.2, 0) is 6.42 Å². The summed E-state index contributed by atoms with van der Waals surface area (Å²) < 4.78 is 5.99. The molecule has 1 saturated heterocycles. The highest BCUT2D eigenvalue weighted by atomic mass is 127. The lowest BCUT2D eigenvalue weighted by Gasteiger charge is -2.20. The van der Waals surface area contributed by atoms with Crippen molar-refractivity contribution < 1.29 is 4.74 Å². The Kier molecular flexibility index (Phi) is 7.42. The van der Waals surface area contributed by atoms with Crippen LogP contribution in [0.1, 0.15) is 12.0 Å². The third-order valence-electron chi connectivity index (χ3n) is 5.40. The summed E-state index contributed by atoms with van der Waals surface area (Å²) in [6.45, 7) is 3.91. The lowest BCUT2D eigenvalue weighted by molar-refractivity contribution is 0.235. The Morgan fingerprint density at radius 2 is 1.82 bits per heavy atom. The minimum Gasteiger partial charge on any atom is -0.488 e. The first-order chi connectivity index (χ1) is 13.3. The van der Waals surface area contributed by atoms with Gasteiger partial charge in [-0.1, -0.05) is 36.4 Å². The number of para-hydroxylation sites is 2. The van der Waals surface area contributed by atoms with Crippen LogP contribution in [0.5, 0.6) is 5.75 Å². The number of halogens is 1. The molecular formula is C22H29IN4O. The molecule has 2 atom stereocenters. The summed E-state index contributed by atoms with van der Waals surface area (Å²) in [7, 11) is 1.82. The van der Waals surface area contributed by atoms with E-state index in [-0.39, 0.29) is 30.1 Å². The Balaban J connectivity index is 0.00000225. The molecule has 2 aliphatic heterocycles. The van der Waals surface area contributed by atoms with Gasteiger partial charge in [0.15, 0.2) is 5.96 Å². The Hall–Kier alpha value is -1.96. The maximum atomic E-state index is 5.99. The van der Waals surface area contributed by atoms with Crippen molar-refractivity contribution in [2.24, 2.45) is 10.9 Å². The number of benzene rings is 2. The quantitative estimate of drug-likeness (QED) is 0.382. The summed E-state index contributed by atoms with van der Waals surface area (Å²) in [5, 5.41) is 6.90. The monoisotopic (exact) mass is 492 g/mol. The predicted molar refractivity (Wildman–Crippen MR) is 126 cm³/mol. The molecule has 2 aromatic rings. The van der Waals surface area contributed by atoms with Gasteiger partial charge in [-0.3, -0.25) is 4.99 Å². The van der Waals surface area contributed by atoms with Gasteiger partial charge in [0.25, 0.3) is 0 Å². The molecule has 0 spiro atoms. The van der Waals surface area contributed by atoms with Crippen molar-refractivity contribution in [2.45, 2.75) is 18.9 Å². The summed E-state index contributed by atoms with van der Waals surface area (Å²) in [5.74, 6) is 2.50. The highest BCUT2D eigenvalue weighted by Crippen LogP contribution is 2.27. The first-order valence-electron chi connectivity index (χ1n) is 9.81. The molecule has 1 fully saturated rings. The van der Waals surface area contributed by atoms with E-state index in [0.29, 0.717) is 5.92 Å². The smallest absolute Gasteiger partial charge is 0.191 e. The van der Waals surface area contributed by atoms with Gasteiger partial charge in [-0.25, -0.2) is 0 Å². The second kappa shape index (κ2) is 10.0. The van der Waals surface area contributed by atoms with Crippen molar-refractivity contribution in [1.29, 1.82) is 0 Å². The zero-order chi connectivity index (χ0) is 18.5. The third-order valence-corrected chi connectivity index (χ3v) is 5.40. The normalized spacial score (nSPS) is 20.9. The van der Waals surface area contributed by atoms with Gasteiger partial charge in [0.1, 0.15) is 11.9 Å². The first kappa shape index (κ1) is 20.8. The average molecular weight is 492 g/mol. The first-order valence-corrected chi connectivity index (χ1v) is 9.81. The number of aliphatic imine (C=N–C) groups is 1. The molecule has 2 N–H and O–H groups in total. The molecule has 4 rings (SSSR count). The maximum Gasteiger partial charge on any atom is 0.191 e. The number of fused-ring (bicyclic) bond motifs is 1. The van der Waals surface area contributed by atoms with Crippen LogP contribution in [0.3, 0.4) is 0 Å². The molecule has 5 nitrogen and oxygen atoms in total. The van der Waals surface area contributed by atoms with Gasteiger partial charge in [0.2, 0.25) is 0 Å². The fourth-order valence-electron chi connectivity index (χ4n) is 3.91. The van der Waals surface area contributed by atoms with E-state index in [4.69, 9.17) is 4.74 Å².